The molecule has 2 saturated heterocycles. The summed E-state index contributed by atoms with van der Waals surface area (Å²) in [6.07, 6.45) is 6.21. The van der Waals surface area contributed by atoms with Gasteiger partial charge >= 0.3 is 0 Å². The van der Waals surface area contributed by atoms with E-state index in [1.165, 1.54) is 30.2 Å². The highest BCUT2D eigenvalue weighted by atomic mass is 32.1. The molecule has 0 radical (unpaired) electrons. The molecule has 0 aliphatic carbocycles. The van der Waals surface area contributed by atoms with E-state index in [1.807, 2.05) is 0 Å². The number of carbonyl (C=O) groups excluding carboxylic acids is 1. The van der Waals surface area contributed by atoms with E-state index >= 15 is 0 Å². The fourth-order valence-corrected chi connectivity index (χ4v) is 4.12. The number of hydrogen-bond donors (Lipinski definition) is 2. The van der Waals surface area contributed by atoms with E-state index < -0.39 is 5.95 Å². The molecule has 5 nitrogen and oxygen atoms in total. The van der Waals surface area contributed by atoms with Gasteiger partial charge in [-0.05, 0) is 31.4 Å². The number of thiazole rings is 1. The Morgan fingerprint density at radius 3 is 3.05 bits per heavy atom. The van der Waals surface area contributed by atoms with Gasteiger partial charge in [0.25, 0.3) is 5.91 Å². The molecule has 2 aliphatic rings. The molecule has 2 bridgehead atoms. The molecular weight excluding hydrogens is 303 g/mol. The smallest absolute Gasteiger partial charge is 0.280 e. The molecule has 0 aromatic carbocycles. The van der Waals surface area contributed by atoms with Crippen LogP contribution in [0.3, 0.4) is 0 Å². The van der Waals surface area contributed by atoms with Gasteiger partial charge in [0.1, 0.15) is 0 Å². The molecule has 2 fully saturated rings. The van der Waals surface area contributed by atoms with Crippen LogP contribution in [0.25, 0.3) is 10.4 Å². The van der Waals surface area contributed by atoms with E-state index in [0.29, 0.717) is 27.5 Å². The summed E-state index contributed by atoms with van der Waals surface area (Å²) in [4.78, 5) is 20.7. The van der Waals surface area contributed by atoms with E-state index in [1.54, 1.807) is 12.1 Å². The highest BCUT2D eigenvalue weighted by Crippen LogP contribution is 2.30. The summed E-state index contributed by atoms with van der Waals surface area (Å²) in [5.74, 6) is -0.727. The highest BCUT2D eigenvalue weighted by molar-refractivity contribution is 7.16. The Balaban J connectivity index is 1.49. The Hall–Kier alpha value is -1.86. The number of rotatable bonds is 3. The standard InChI is InChI=1S/C15H15FN4OS/c16-13-9(2-1-5-17-13)12-7-18-15(22-12)14(21)20-11-6-8-3-4-10(11)19-8/h1-2,5,7-8,10-11,19H,3-4,6H2,(H,20,21)/t8-,10+,11-/m1/s1. The van der Waals surface area contributed by atoms with Gasteiger partial charge in [-0.15, -0.1) is 11.3 Å². The Labute approximate surface area is 131 Å². The van der Waals surface area contributed by atoms with Gasteiger partial charge in [-0.25, -0.2) is 9.97 Å². The van der Waals surface area contributed by atoms with Crippen molar-refractivity contribution >= 4 is 17.2 Å². The van der Waals surface area contributed by atoms with Crippen LogP contribution in [0, 0.1) is 5.95 Å². The molecule has 0 saturated carbocycles. The van der Waals surface area contributed by atoms with Gasteiger partial charge in [0.2, 0.25) is 5.95 Å². The predicted octanol–water partition coefficient (Wildman–Crippen LogP) is 1.97. The Morgan fingerprint density at radius 2 is 2.32 bits per heavy atom. The summed E-state index contributed by atoms with van der Waals surface area (Å²) in [6.45, 7) is 0. The first-order valence-corrected chi connectivity index (χ1v) is 8.16. The summed E-state index contributed by atoms with van der Waals surface area (Å²) in [5.41, 5.74) is 0.376. The van der Waals surface area contributed by atoms with Gasteiger partial charge in [0.15, 0.2) is 5.01 Å². The van der Waals surface area contributed by atoms with Crippen molar-refractivity contribution in [1.29, 1.82) is 0 Å². The number of nitrogens with zero attached hydrogens (tertiary/aromatic N) is 2. The molecule has 2 N–H and O–H groups in total. The normalized spacial score (nSPS) is 26.3. The summed E-state index contributed by atoms with van der Waals surface area (Å²) < 4.78 is 13.7. The highest BCUT2D eigenvalue weighted by Gasteiger charge is 2.39. The molecule has 4 heterocycles. The van der Waals surface area contributed by atoms with Crippen molar-refractivity contribution in [2.75, 3.05) is 0 Å². The average Bonchev–Trinajstić information content (AvgIpc) is 3.24. The molecule has 2 aromatic heterocycles. The van der Waals surface area contributed by atoms with Crippen LogP contribution in [0.5, 0.6) is 0 Å². The zero-order chi connectivity index (χ0) is 15.1. The van der Waals surface area contributed by atoms with Gasteiger partial charge in [0, 0.05) is 36.1 Å². The van der Waals surface area contributed by atoms with Gasteiger partial charge in [-0.1, -0.05) is 0 Å². The molecule has 114 valence electrons. The predicted molar refractivity (Wildman–Crippen MR) is 81.1 cm³/mol. The van der Waals surface area contributed by atoms with Crippen LogP contribution in [0.1, 0.15) is 29.1 Å². The zero-order valence-electron chi connectivity index (χ0n) is 11.8. The lowest BCUT2D eigenvalue weighted by Crippen LogP contribution is -2.42. The second-order valence-corrected chi connectivity index (χ2v) is 6.77. The molecule has 4 rings (SSSR count). The maximum absolute atomic E-state index is 13.7. The van der Waals surface area contributed by atoms with E-state index in [9.17, 15) is 9.18 Å². The minimum atomic E-state index is -0.546. The molecule has 0 spiro atoms. The minimum Gasteiger partial charge on any atom is -0.346 e. The monoisotopic (exact) mass is 318 g/mol. The Kier molecular flexibility index (Phi) is 3.38. The quantitative estimate of drug-likeness (QED) is 0.849. The van der Waals surface area contributed by atoms with Gasteiger partial charge in [0.05, 0.1) is 4.88 Å². The van der Waals surface area contributed by atoms with Gasteiger partial charge in [-0.3, -0.25) is 4.79 Å². The Bertz CT molecular complexity index is 719. The van der Waals surface area contributed by atoms with Crippen LogP contribution in [-0.4, -0.2) is 34.0 Å². The number of carbonyl (C=O) groups is 1. The van der Waals surface area contributed by atoms with Crippen molar-refractivity contribution in [3.05, 3.63) is 35.5 Å². The summed E-state index contributed by atoms with van der Waals surface area (Å²) >= 11 is 1.19. The maximum atomic E-state index is 13.7. The van der Waals surface area contributed by atoms with Crippen molar-refractivity contribution in [3.63, 3.8) is 0 Å². The average molecular weight is 318 g/mol. The minimum absolute atomic E-state index is 0.175. The fraction of sp³-hybridized carbons (Fsp3) is 0.400. The van der Waals surface area contributed by atoms with Gasteiger partial charge < -0.3 is 10.6 Å². The van der Waals surface area contributed by atoms with Crippen LogP contribution in [0.2, 0.25) is 0 Å². The lowest BCUT2D eigenvalue weighted by Gasteiger charge is -2.20. The fourth-order valence-electron chi connectivity index (χ4n) is 3.29. The summed E-state index contributed by atoms with van der Waals surface area (Å²) in [6, 6.07) is 4.39. The van der Waals surface area contributed by atoms with Crippen molar-refractivity contribution in [3.8, 4) is 10.4 Å². The number of amides is 1. The van der Waals surface area contributed by atoms with Crippen LogP contribution in [-0.2, 0) is 0 Å². The largest absolute Gasteiger partial charge is 0.346 e. The van der Waals surface area contributed by atoms with E-state index in [-0.39, 0.29) is 11.9 Å². The number of fused-ring (bicyclic) bond motifs is 2. The number of aromatic nitrogens is 2. The first-order valence-electron chi connectivity index (χ1n) is 7.34. The molecule has 2 aromatic rings. The number of pyridine rings is 1. The zero-order valence-corrected chi connectivity index (χ0v) is 12.6. The molecule has 3 atom stereocenters. The van der Waals surface area contributed by atoms with Crippen LogP contribution >= 0.6 is 11.3 Å². The molecular formula is C15H15FN4OS. The van der Waals surface area contributed by atoms with Gasteiger partial charge in [-0.2, -0.15) is 4.39 Å². The topological polar surface area (TPSA) is 66.9 Å². The molecule has 2 aliphatic heterocycles. The maximum Gasteiger partial charge on any atom is 0.280 e. The van der Waals surface area contributed by atoms with Crippen LogP contribution in [0.4, 0.5) is 4.39 Å². The van der Waals surface area contributed by atoms with Crippen molar-refractivity contribution in [2.45, 2.75) is 37.4 Å². The van der Waals surface area contributed by atoms with Crippen molar-refractivity contribution in [2.24, 2.45) is 0 Å². The first kappa shape index (κ1) is 13.8. The molecule has 1 amide bonds. The number of nitrogens with one attached hydrogen (secondary N) is 2. The van der Waals surface area contributed by atoms with Crippen molar-refractivity contribution in [1.82, 2.24) is 20.6 Å². The third-order valence-corrected chi connectivity index (χ3v) is 5.37. The lowest BCUT2D eigenvalue weighted by molar-refractivity contribution is 0.0930. The Morgan fingerprint density at radius 1 is 1.41 bits per heavy atom. The summed E-state index contributed by atoms with van der Waals surface area (Å²) in [7, 11) is 0. The first-order chi connectivity index (χ1) is 10.7. The van der Waals surface area contributed by atoms with E-state index in [0.717, 1.165) is 12.8 Å². The second kappa shape index (κ2) is 5.40. The van der Waals surface area contributed by atoms with Crippen LogP contribution < -0.4 is 10.6 Å². The third-order valence-electron chi connectivity index (χ3n) is 4.34. The second-order valence-electron chi connectivity index (χ2n) is 5.73. The molecule has 7 heteroatoms. The molecule has 22 heavy (non-hydrogen) atoms. The van der Waals surface area contributed by atoms with Crippen molar-refractivity contribution < 1.29 is 9.18 Å². The molecule has 0 unspecified atom stereocenters. The van der Waals surface area contributed by atoms with E-state index in [2.05, 4.69) is 20.6 Å². The SMILES string of the molecule is O=C(N[C@@H]1C[C@H]2CC[C@@H]1N2)c1ncc(-c2cccnc2F)s1. The number of hydrogen-bond acceptors (Lipinski definition) is 5. The number of halogens is 1. The lowest BCUT2D eigenvalue weighted by atomic mass is 9.95. The van der Waals surface area contributed by atoms with E-state index in [4.69, 9.17) is 0 Å². The third kappa shape index (κ3) is 2.40. The van der Waals surface area contributed by atoms with Crippen LogP contribution in [0.15, 0.2) is 24.5 Å². The summed E-state index contributed by atoms with van der Waals surface area (Å²) in [5, 5.41) is 6.89.